The van der Waals surface area contributed by atoms with Crippen molar-refractivity contribution in [3.63, 3.8) is 0 Å². The quantitative estimate of drug-likeness (QED) is 0.695. The predicted octanol–water partition coefficient (Wildman–Crippen LogP) is 3.98. The van der Waals surface area contributed by atoms with Crippen LogP contribution in [0.1, 0.15) is 54.3 Å². The second kappa shape index (κ2) is 9.69. The lowest BCUT2D eigenvalue weighted by Crippen LogP contribution is -2.28. The predicted molar refractivity (Wildman–Crippen MR) is 104 cm³/mol. The lowest BCUT2D eigenvalue weighted by atomic mass is 10.0. The number of alkyl halides is 3. The summed E-state index contributed by atoms with van der Waals surface area (Å²) < 4.78 is 41.6. The van der Waals surface area contributed by atoms with Gasteiger partial charge in [-0.2, -0.15) is 13.2 Å². The maximum absolute atomic E-state index is 12.5. The summed E-state index contributed by atoms with van der Waals surface area (Å²) in [5.74, 6) is -0.538. The molecule has 9 heteroatoms. The summed E-state index contributed by atoms with van der Waals surface area (Å²) in [7, 11) is 0. The molecule has 6 nitrogen and oxygen atoms in total. The molecule has 2 aromatic heterocycles. The third kappa shape index (κ3) is 6.82. The van der Waals surface area contributed by atoms with Gasteiger partial charge in [-0.15, -0.1) is 0 Å². The number of aryl methyl sites for hydroxylation is 1. The monoisotopic (exact) mass is 423 g/mol. The molecule has 162 valence electrons. The average Bonchev–Trinajstić information content (AvgIpc) is 2.66. The number of carbonyl (C=O) groups excluding carboxylic acids is 2. The third-order valence-corrected chi connectivity index (χ3v) is 4.35. The molecular formula is C21H24F3N3O3. The van der Waals surface area contributed by atoms with Gasteiger partial charge < -0.3 is 10.1 Å². The Morgan fingerprint density at radius 2 is 1.87 bits per heavy atom. The first-order chi connectivity index (χ1) is 14.0. The van der Waals surface area contributed by atoms with Crippen LogP contribution >= 0.6 is 0 Å². The Hall–Kier alpha value is -2.97. The number of carbonyl (C=O) groups is 2. The van der Waals surface area contributed by atoms with Gasteiger partial charge in [0.15, 0.2) is 6.61 Å². The molecular weight excluding hydrogens is 399 g/mol. The van der Waals surface area contributed by atoms with E-state index >= 15 is 0 Å². The largest absolute Gasteiger partial charge is 0.482 e. The van der Waals surface area contributed by atoms with Crippen molar-refractivity contribution in [2.75, 3.05) is 6.61 Å². The van der Waals surface area contributed by atoms with Crippen molar-refractivity contribution in [1.29, 1.82) is 0 Å². The summed E-state index contributed by atoms with van der Waals surface area (Å²) >= 11 is 0. The number of hydrogen-bond donors (Lipinski definition) is 1. The minimum Gasteiger partial charge on any atom is -0.482 e. The normalized spacial score (nSPS) is 12.5. The van der Waals surface area contributed by atoms with E-state index in [0.717, 1.165) is 5.56 Å². The molecule has 0 saturated carbocycles. The molecule has 2 aromatic rings. The number of amides is 1. The second-order valence-electron chi connectivity index (χ2n) is 7.26. The summed E-state index contributed by atoms with van der Waals surface area (Å²) in [5, 5.41) is 2.78. The number of pyridine rings is 2. The molecule has 0 aliphatic heterocycles. The second-order valence-corrected chi connectivity index (χ2v) is 7.26. The van der Waals surface area contributed by atoms with Gasteiger partial charge in [-0.05, 0) is 43.7 Å². The van der Waals surface area contributed by atoms with Crippen LogP contribution in [0.15, 0.2) is 30.5 Å². The fraction of sp³-hybridized carbons (Fsp3) is 0.429. The number of ketones is 1. The van der Waals surface area contributed by atoms with E-state index in [2.05, 4.69) is 15.3 Å². The van der Waals surface area contributed by atoms with Crippen LogP contribution in [0.4, 0.5) is 13.2 Å². The highest BCUT2D eigenvalue weighted by molar-refractivity contribution is 5.92. The lowest BCUT2D eigenvalue weighted by Gasteiger charge is -2.16. The van der Waals surface area contributed by atoms with Crippen molar-refractivity contribution in [3.05, 3.63) is 53.1 Å². The minimum absolute atomic E-state index is 0.0366. The number of Topliss-reactive ketones (excluding diaryl/α,β-unsaturated/α-hetero) is 1. The Morgan fingerprint density at radius 1 is 1.17 bits per heavy atom. The van der Waals surface area contributed by atoms with E-state index in [9.17, 15) is 22.8 Å². The average molecular weight is 423 g/mol. The van der Waals surface area contributed by atoms with Crippen LogP contribution in [0.3, 0.4) is 0 Å². The van der Waals surface area contributed by atoms with Gasteiger partial charge in [0.2, 0.25) is 0 Å². The van der Waals surface area contributed by atoms with Gasteiger partial charge in [0.1, 0.15) is 17.2 Å². The molecule has 2 heterocycles. The molecule has 1 unspecified atom stereocenters. The van der Waals surface area contributed by atoms with Crippen molar-refractivity contribution in [2.24, 2.45) is 5.92 Å². The Kier molecular flexibility index (Phi) is 7.53. The summed E-state index contributed by atoms with van der Waals surface area (Å²) in [6, 6.07) is 5.70. The summed E-state index contributed by atoms with van der Waals surface area (Å²) in [4.78, 5) is 32.7. The number of ether oxygens (including phenoxy) is 1. The van der Waals surface area contributed by atoms with E-state index < -0.39 is 24.7 Å². The molecule has 0 aliphatic carbocycles. The van der Waals surface area contributed by atoms with Crippen molar-refractivity contribution < 1.29 is 27.5 Å². The molecule has 0 spiro atoms. The third-order valence-electron chi connectivity index (χ3n) is 4.35. The smallest absolute Gasteiger partial charge is 0.422 e. The first-order valence-corrected chi connectivity index (χ1v) is 9.42. The molecule has 1 atom stereocenters. The Labute approximate surface area is 172 Å². The van der Waals surface area contributed by atoms with E-state index in [0.29, 0.717) is 5.69 Å². The highest BCUT2D eigenvalue weighted by Crippen LogP contribution is 2.21. The zero-order chi connectivity index (χ0) is 22.5. The van der Waals surface area contributed by atoms with E-state index in [-0.39, 0.29) is 35.3 Å². The highest BCUT2D eigenvalue weighted by Gasteiger charge is 2.29. The van der Waals surface area contributed by atoms with E-state index in [4.69, 9.17) is 4.74 Å². The summed E-state index contributed by atoms with van der Waals surface area (Å²) in [5.41, 5.74) is 1.63. The maximum atomic E-state index is 12.5. The van der Waals surface area contributed by atoms with Gasteiger partial charge >= 0.3 is 6.18 Å². The summed E-state index contributed by atoms with van der Waals surface area (Å²) in [6.07, 6.45) is -2.66. The molecule has 0 fully saturated rings. The highest BCUT2D eigenvalue weighted by atomic mass is 19.4. The maximum Gasteiger partial charge on any atom is 0.422 e. The number of rotatable bonds is 8. The topological polar surface area (TPSA) is 81.2 Å². The zero-order valence-corrected chi connectivity index (χ0v) is 17.2. The Balaban J connectivity index is 2.05. The Morgan fingerprint density at radius 3 is 2.47 bits per heavy atom. The number of aromatic nitrogens is 2. The fourth-order valence-corrected chi connectivity index (χ4v) is 2.59. The van der Waals surface area contributed by atoms with Gasteiger partial charge in [0.25, 0.3) is 5.91 Å². The van der Waals surface area contributed by atoms with Gasteiger partial charge in [-0.25, -0.2) is 4.98 Å². The lowest BCUT2D eigenvalue weighted by molar-refractivity contribution is -0.153. The molecule has 0 aliphatic rings. The summed E-state index contributed by atoms with van der Waals surface area (Å²) in [6.45, 7) is 5.45. The van der Waals surface area contributed by atoms with E-state index in [1.807, 2.05) is 13.8 Å². The zero-order valence-electron chi connectivity index (χ0n) is 17.2. The van der Waals surface area contributed by atoms with Crippen LogP contribution in [0.2, 0.25) is 0 Å². The standard InChI is InChI=1S/C21H24F3N3O3/c1-12(2)18(28)10-16-9-15(7-8-25-16)13(3)27-20(29)17-5-6-19(14(4)26-17)30-11-21(22,23)24/h5-9,12-13H,10-11H2,1-4H3,(H,27,29). The molecule has 1 amide bonds. The molecule has 0 aromatic carbocycles. The first kappa shape index (κ1) is 23.3. The van der Waals surface area contributed by atoms with Gasteiger partial charge in [0.05, 0.1) is 11.7 Å². The van der Waals surface area contributed by atoms with Crippen LogP contribution in [-0.4, -0.2) is 34.4 Å². The van der Waals surface area contributed by atoms with Crippen molar-refractivity contribution >= 4 is 11.7 Å². The van der Waals surface area contributed by atoms with E-state index in [1.165, 1.54) is 19.1 Å². The van der Waals surface area contributed by atoms with Crippen LogP contribution in [0.25, 0.3) is 0 Å². The fourth-order valence-electron chi connectivity index (χ4n) is 2.59. The number of hydrogen-bond acceptors (Lipinski definition) is 5. The minimum atomic E-state index is -4.46. The molecule has 0 saturated heterocycles. The molecule has 1 N–H and O–H groups in total. The van der Waals surface area contributed by atoms with Crippen LogP contribution < -0.4 is 10.1 Å². The van der Waals surface area contributed by atoms with Gasteiger partial charge in [-0.1, -0.05) is 13.8 Å². The van der Waals surface area contributed by atoms with Crippen LogP contribution in [0.5, 0.6) is 5.75 Å². The van der Waals surface area contributed by atoms with Crippen molar-refractivity contribution in [2.45, 2.75) is 46.3 Å². The van der Waals surface area contributed by atoms with Gasteiger partial charge in [0, 0.05) is 24.2 Å². The van der Waals surface area contributed by atoms with Crippen LogP contribution in [0, 0.1) is 12.8 Å². The van der Waals surface area contributed by atoms with E-state index in [1.54, 1.807) is 25.3 Å². The van der Waals surface area contributed by atoms with Gasteiger partial charge in [-0.3, -0.25) is 14.6 Å². The SMILES string of the molecule is Cc1nc(C(=O)NC(C)c2ccnc(CC(=O)C(C)C)c2)ccc1OCC(F)(F)F. The number of nitrogens with one attached hydrogen (secondary N) is 1. The Bertz CT molecular complexity index is 914. The van der Waals surface area contributed by atoms with Crippen LogP contribution in [-0.2, 0) is 11.2 Å². The van der Waals surface area contributed by atoms with Crippen molar-refractivity contribution in [1.82, 2.24) is 15.3 Å². The molecule has 30 heavy (non-hydrogen) atoms. The molecule has 0 radical (unpaired) electrons. The first-order valence-electron chi connectivity index (χ1n) is 9.42. The number of nitrogens with zero attached hydrogens (tertiary/aromatic N) is 2. The van der Waals surface area contributed by atoms with Crippen molar-refractivity contribution in [3.8, 4) is 5.75 Å². The molecule has 2 rings (SSSR count). The number of halogens is 3. The molecule has 0 bridgehead atoms.